The third-order valence-electron chi connectivity index (χ3n) is 2.96. The van der Waals surface area contributed by atoms with Gasteiger partial charge < -0.3 is 10.2 Å². The molecule has 1 aliphatic rings. The summed E-state index contributed by atoms with van der Waals surface area (Å²) >= 11 is 0. The predicted molar refractivity (Wildman–Crippen MR) is 64.5 cm³/mol. The molecule has 6 heteroatoms. The Labute approximate surface area is 109 Å². The highest BCUT2D eigenvalue weighted by Gasteiger charge is 2.32. The van der Waals surface area contributed by atoms with Gasteiger partial charge in [-0.1, -0.05) is 30.3 Å². The number of hydrogen-bond acceptors (Lipinski definition) is 2. The summed E-state index contributed by atoms with van der Waals surface area (Å²) in [4.78, 5) is 24.8. The van der Waals surface area contributed by atoms with Gasteiger partial charge in [-0.15, -0.1) is 0 Å². The second-order valence-corrected chi connectivity index (χ2v) is 4.34. The molecular formula is C13H14F2N2O2. The number of nitrogens with zero attached hydrogens (tertiary/aromatic N) is 1. The molecule has 4 nitrogen and oxygen atoms in total. The van der Waals surface area contributed by atoms with Crippen molar-refractivity contribution in [2.45, 2.75) is 18.9 Å². The van der Waals surface area contributed by atoms with Crippen LogP contribution in [0.3, 0.4) is 0 Å². The van der Waals surface area contributed by atoms with Gasteiger partial charge >= 0.3 is 0 Å². The molecule has 0 aliphatic carbocycles. The number of benzene rings is 1. The molecule has 1 aromatic carbocycles. The molecule has 1 atom stereocenters. The molecule has 1 saturated heterocycles. The largest absolute Gasteiger partial charge is 0.340 e. The minimum Gasteiger partial charge on any atom is -0.340 e. The van der Waals surface area contributed by atoms with E-state index >= 15 is 0 Å². The minimum atomic E-state index is -2.60. The Morgan fingerprint density at radius 1 is 1.26 bits per heavy atom. The molecule has 0 radical (unpaired) electrons. The van der Waals surface area contributed by atoms with Crippen molar-refractivity contribution in [3.63, 3.8) is 0 Å². The van der Waals surface area contributed by atoms with Crippen molar-refractivity contribution >= 4 is 11.8 Å². The summed E-state index contributed by atoms with van der Waals surface area (Å²) in [6, 6.07) is 7.75. The molecule has 0 bridgehead atoms. The van der Waals surface area contributed by atoms with Gasteiger partial charge in [0, 0.05) is 13.0 Å². The van der Waals surface area contributed by atoms with E-state index in [9.17, 15) is 18.4 Å². The van der Waals surface area contributed by atoms with E-state index in [4.69, 9.17) is 0 Å². The maximum Gasteiger partial charge on any atom is 0.255 e. The van der Waals surface area contributed by atoms with Gasteiger partial charge in [0.05, 0.1) is 6.54 Å². The highest BCUT2D eigenvalue weighted by molar-refractivity contribution is 5.90. The lowest BCUT2D eigenvalue weighted by Crippen LogP contribution is -2.40. The molecule has 0 spiro atoms. The van der Waals surface area contributed by atoms with Crippen molar-refractivity contribution < 1.29 is 18.4 Å². The number of hydrogen-bond donors (Lipinski definition) is 1. The highest BCUT2D eigenvalue weighted by Crippen LogP contribution is 2.19. The minimum absolute atomic E-state index is 0.0261. The van der Waals surface area contributed by atoms with Crippen LogP contribution in [0.4, 0.5) is 8.78 Å². The van der Waals surface area contributed by atoms with E-state index in [1.165, 1.54) is 0 Å². The summed E-state index contributed by atoms with van der Waals surface area (Å²) < 4.78 is 24.9. The molecule has 1 unspecified atom stereocenters. The van der Waals surface area contributed by atoms with Gasteiger partial charge in [0.25, 0.3) is 6.43 Å². The smallest absolute Gasteiger partial charge is 0.255 e. The van der Waals surface area contributed by atoms with Crippen molar-refractivity contribution in [2.75, 3.05) is 13.1 Å². The number of carbonyl (C=O) groups is 2. The van der Waals surface area contributed by atoms with E-state index < -0.39 is 24.9 Å². The van der Waals surface area contributed by atoms with Gasteiger partial charge in [0.15, 0.2) is 0 Å². The molecule has 0 saturated carbocycles. The van der Waals surface area contributed by atoms with Crippen LogP contribution in [-0.2, 0) is 9.59 Å². The maximum absolute atomic E-state index is 12.5. The Balaban J connectivity index is 2.25. The zero-order valence-corrected chi connectivity index (χ0v) is 10.2. The molecule has 1 heterocycles. The Hall–Kier alpha value is -1.98. The fraction of sp³-hybridized carbons (Fsp3) is 0.385. The number of alkyl halides is 2. The molecule has 2 rings (SSSR count). The van der Waals surface area contributed by atoms with Gasteiger partial charge in [0.1, 0.15) is 6.04 Å². The van der Waals surface area contributed by atoms with Crippen LogP contribution in [-0.4, -0.2) is 36.2 Å². The van der Waals surface area contributed by atoms with Gasteiger partial charge in [-0.05, 0) is 5.56 Å². The van der Waals surface area contributed by atoms with E-state index in [2.05, 4.69) is 5.32 Å². The predicted octanol–water partition coefficient (Wildman–Crippen LogP) is 1.34. The van der Waals surface area contributed by atoms with Gasteiger partial charge in [-0.25, -0.2) is 8.78 Å². The standard InChI is InChI=1S/C13H14F2N2O2/c14-10(15)8-17-7-6-11(18)16-12(13(17)19)9-4-2-1-3-5-9/h1-5,10,12H,6-8H2,(H,16,18). The van der Waals surface area contributed by atoms with E-state index in [-0.39, 0.29) is 18.9 Å². The van der Waals surface area contributed by atoms with Crippen molar-refractivity contribution in [1.82, 2.24) is 10.2 Å². The lowest BCUT2D eigenvalue weighted by atomic mass is 10.1. The van der Waals surface area contributed by atoms with Crippen LogP contribution >= 0.6 is 0 Å². The summed E-state index contributed by atoms with van der Waals surface area (Å²) in [5.41, 5.74) is 0.599. The van der Waals surface area contributed by atoms with Crippen molar-refractivity contribution in [2.24, 2.45) is 0 Å². The number of nitrogens with one attached hydrogen (secondary N) is 1. The first-order chi connectivity index (χ1) is 9.08. The van der Waals surface area contributed by atoms with Gasteiger partial charge in [0.2, 0.25) is 11.8 Å². The molecule has 1 N–H and O–H groups in total. The molecule has 1 aromatic rings. The van der Waals surface area contributed by atoms with Crippen LogP contribution in [0.1, 0.15) is 18.0 Å². The van der Waals surface area contributed by atoms with E-state index in [1.807, 2.05) is 0 Å². The zero-order chi connectivity index (χ0) is 13.8. The number of rotatable bonds is 3. The first-order valence-corrected chi connectivity index (χ1v) is 5.99. The molecule has 19 heavy (non-hydrogen) atoms. The Morgan fingerprint density at radius 3 is 2.58 bits per heavy atom. The number of amides is 2. The van der Waals surface area contributed by atoms with Crippen molar-refractivity contribution in [1.29, 1.82) is 0 Å². The topological polar surface area (TPSA) is 49.4 Å². The average Bonchev–Trinajstić information content (AvgIpc) is 2.52. The van der Waals surface area contributed by atoms with Crippen LogP contribution in [0.15, 0.2) is 30.3 Å². The van der Waals surface area contributed by atoms with Crippen LogP contribution in [0.25, 0.3) is 0 Å². The lowest BCUT2D eigenvalue weighted by Gasteiger charge is -2.23. The fourth-order valence-corrected chi connectivity index (χ4v) is 2.04. The molecule has 0 aromatic heterocycles. The van der Waals surface area contributed by atoms with Gasteiger partial charge in [-0.2, -0.15) is 0 Å². The normalized spacial score (nSPS) is 20.4. The quantitative estimate of drug-likeness (QED) is 0.899. The second-order valence-electron chi connectivity index (χ2n) is 4.34. The lowest BCUT2D eigenvalue weighted by molar-refractivity contribution is -0.135. The molecule has 1 fully saturated rings. The van der Waals surface area contributed by atoms with E-state index in [0.717, 1.165) is 4.90 Å². The van der Waals surface area contributed by atoms with E-state index in [0.29, 0.717) is 5.56 Å². The monoisotopic (exact) mass is 268 g/mol. The van der Waals surface area contributed by atoms with Crippen LogP contribution < -0.4 is 5.32 Å². The first-order valence-electron chi connectivity index (χ1n) is 5.99. The van der Waals surface area contributed by atoms with Crippen LogP contribution in [0, 0.1) is 0 Å². The number of halogens is 2. The Bertz CT molecular complexity index is 465. The van der Waals surface area contributed by atoms with Crippen LogP contribution in [0.2, 0.25) is 0 Å². The molecule has 102 valence electrons. The molecule has 1 aliphatic heterocycles. The fourth-order valence-electron chi connectivity index (χ4n) is 2.04. The summed E-state index contributed by atoms with van der Waals surface area (Å²) in [5, 5.41) is 2.57. The third-order valence-corrected chi connectivity index (χ3v) is 2.96. The summed E-state index contributed by atoms with van der Waals surface area (Å²) in [6.45, 7) is -0.616. The second kappa shape index (κ2) is 5.77. The third kappa shape index (κ3) is 3.27. The zero-order valence-electron chi connectivity index (χ0n) is 10.2. The molecular weight excluding hydrogens is 254 g/mol. The first kappa shape index (κ1) is 13.5. The van der Waals surface area contributed by atoms with Crippen molar-refractivity contribution in [3.05, 3.63) is 35.9 Å². The van der Waals surface area contributed by atoms with Crippen molar-refractivity contribution in [3.8, 4) is 0 Å². The maximum atomic E-state index is 12.5. The number of carbonyl (C=O) groups excluding carboxylic acids is 2. The summed E-state index contributed by atoms with van der Waals surface area (Å²) in [7, 11) is 0. The SMILES string of the molecule is O=C1CCN(CC(F)F)C(=O)C(c2ccccc2)N1. The Kier molecular flexibility index (Phi) is 4.09. The average molecular weight is 268 g/mol. The Morgan fingerprint density at radius 2 is 1.95 bits per heavy atom. The van der Waals surface area contributed by atoms with E-state index in [1.54, 1.807) is 30.3 Å². The summed E-state index contributed by atoms with van der Waals surface area (Å²) in [5.74, 6) is -0.795. The van der Waals surface area contributed by atoms with Gasteiger partial charge in [-0.3, -0.25) is 9.59 Å². The summed E-state index contributed by atoms with van der Waals surface area (Å²) in [6.07, 6.45) is -2.56. The molecule has 2 amide bonds. The highest BCUT2D eigenvalue weighted by atomic mass is 19.3. The van der Waals surface area contributed by atoms with Crippen LogP contribution in [0.5, 0.6) is 0 Å².